The minimum atomic E-state index is 0.449. The average Bonchev–Trinajstić information content (AvgIpc) is 3.15. The maximum Gasteiger partial charge on any atom is 0.171 e. The number of hydrogen-bond acceptors (Lipinski definition) is 3. The van der Waals surface area contributed by atoms with E-state index in [2.05, 4.69) is 96.3 Å². The molecule has 0 bridgehead atoms. The van der Waals surface area contributed by atoms with Crippen molar-refractivity contribution in [1.82, 2.24) is 10.5 Å². The van der Waals surface area contributed by atoms with Crippen LogP contribution >= 0.6 is 0 Å². The molecule has 29 heavy (non-hydrogen) atoms. The molecule has 0 aliphatic rings. The van der Waals surface area contributed by atoms with Crippen LogP contribution in [0.2, 0.25) is 0 Å². The molecule has 3 nitrogen and oxygen atoms in total. The molecule has 1 N–H and O–H groups in total. The first-order valence-electron chi connectivity index (χ1n) is 10.1. The summed E-state index contributed by atoms with van der Waals surface area (Å²) in [5, 5.41) is 7.79. The lowest BCUT2D eigenvalue weighted by atomic mass is 10.0. The van der Waals surface area contributed by atoms with Gasteiger partial charge in [0.2, 0.25) is 0 Å². The van der Waals surface area contributed by atoms with Gasteiger partial charge in [0.25, 0.3) is 0 Å². The van der Waals surface area contributed by atoms with Crippen LogP contribution in [0.5, 0.6) is 0 Å². The molecule has 1 heterocycles. The molecule has 0 aliphatic heterocycles. The van der Waals surface area contributed by atoms with Crippen molar-refractivity contribution in [3.05, 3.63) is 102 Å². The number of benzene rings is 3. The van der Waals surface area contributed by atoms with Crippen molar-refractivity contribution in [1.29, 1.82) is 0 Å². The normalized spacial score (nSPS) is 12.1. The largest absolute Gasteiger partial charge is 0.356 e. The number of hydrogen-bond donors (Lipinski definition) is 1. The topological polar surface area (TPSA) is 38.1 Å². The van der Waals surface area contributed by atoms with Gasteiger partial charge in [0.1, 0.15) is 0 Å². The molecule has 3 aromatic carbocycles. The maximum absolute atomic E-state index is 5.68. The van der Waals surface area contributed by atoms with Crippen LogP contribution < -0.4 is 5.32 Å². The van der Waals surface area contributed by atoms with Crippen LogP contribution in [0.4, 0.5) is 0 Å². The van der Waals surface area contributed by atoms with Crippen LogP contribution in [0.1, 0.15) is 29.7 Å². The molecule has 0 fully saturated rings. The molecule has 1 atom stereocenters. The third kappa shape index (κ3) is 4.47. The number of aryl methyl sites for hydroxylation is 1. The summed E-state index contributed by atoms with van der Waals surface area (Å²) in [4.78, 5) is 0. The van der Waals surface area contributed by atoms with Gasteiger partial charge >= 0.3 is 0 Å². The first-order chi connectivity index (χ1) is 14.2. The molecule has 146 valence electrons. The molecule has 4 aromatic rings. The first-order valence-corrected chi connectivity index (χ1v) is 10.1. The van der Waals surface area contributed by atoms with E-state index in [9.17, 15) is 0 Å². The molecule has 0 spiro atoms. The van der Waals surface area contributed by atoms with E-state index in [4.69, 9.17) is 4.52 Å². The van der Waals surface area contributed by atoms with Gasteiger partial charge in [-0.15, -0.1) is 0 Å². The van der Waals surface area contributed by atoms with E-state index in [0.717, 1.165) is 35.7 Å². The number of aromatic nitrogens is 1. The predicted molar refractivity (Wildman–Crippen MR) is 119 cm³/mol. The number of nitrogens with one attached hydrogen (secondary N) is 1. The molecular weight excluding hydrogens is 356 g/mol. The zero-order chi connectivity index (χ0) is 20.1. The highest BCUT2D eigenvalue weighted by atomic mass is 16.5. The van der Waals surface area contributed by atoms with Gasteiger partial charge in [-0.05, 0) is 29.5 Å². The predicted octanol–water partition coefficient (Wildman–Crippen LogP) is 6.21. The van der Waals surface area contributed by atoms with E-state index in [1.54, 1.807) is 0 Å². The molecule has 0 unspecified atom stereocenters. The van der Waals surface area contributed by atoms with Crippen molar-refractivity contribution >= 4 is 0 Å². The second-order valence-electron chi connectivity index (χ2n) is 7.46. The van der Waals surface area contributed by atoms with E-state index in [1.165, 1.54) is 16.7 Å². The summed E-state index contributed by atoms with van der Waals surface area (Å²) in [6, 6.07) is 29.5. The van der Waals surface area contributed by atoms with Crippen LogP contribution in [-0.4, -0.2) is 11.7 Å². The van der Waals surface area contributed by atoms with Crippen molar-refractivity contribution < 1.29 is 4.52 Å². The van der Waals surface area contributed by atoms with E-state index < -0.39 is 0 Å². The zero-order valence-electron chi connectivity index (χ0n) is 16.9. The second kappa shape index (κ2) is 8.89. The first kappa shape index (κ1) is 19.2. The third-order valence-corrected chi connectivity index (χ3v) is 5.36. The fourth-order valence-corrected chi connectivity index (χ4v) is 3.58. The lowest BCUT2D eigenvalue weighted by molar-refractivity contribution is 0.426. The molecule has 0 aliphatic carbocycles. The highest BCUT2D eigenvalue weighted by Gasteiger charge is 2.15. The fraction of sp³-hybridized carbons (Fsp3) is 0.192. The van der Waals surface area contributed by atoms with Crippen LogP contribution in [0, 0.1) is 6.92 Å². The molecule has 0 saturated carbocycles. The fourth-order valence-electron chi connectivity index (χ4n) is 3.58. The van der Waals surface area contributed by atoms with Crippen LogP contribution in [0.3, 0.4) is 0 Å². The monoisotopic (exact) mass is 382 g/mol. The Morgan fingerprint density at radius 3 is 2.07 bits per heavy atom. The van der Waals surface area contributed by atoms with E-state index in [1.807, 2.05) is 13.0 Å². The van der Waals surface area contributed by atoms with Gasteiger partial charge in [0.15, 0.2) is 5.76 Å². The van der Waals surface area contributed by atoms with Gasteiger partial charge in [0.05, 0.1) is 5.69 Å². The Morgan fingerprint density at radius 2 is 1.38 bits per heavy atom. The number of rotatable bonds is 7. The van der Waals surface area contributed by atoms with Crippen molar-refractivity contribution in [2.45, 2.75) is 26.3 Å². The van der Waals surface area contributed by atoms with Gasteiger partial charge in [-0.25, -0.2) is 0 Å². The van der Waals surface area contributed by atoms with Gasteiger partial charge in [-0.2, -0.15) is 0 Å². The summed E-state index contributed by atoms with van der Waals surface area (Å²) in [5.41, 5.74) is 6.87. The standard InChI is InChI=1S/C26H26N2O/c1-19(21-9-5-3-6-10-21)17-27-18-25-20(2)28-29-26(25)24-15-13-23(14-16-24)22-11-7-4-8-12-22/h3-16,19,27H,17-18H2,1-2H3/t19-/m0/s1. The van der Waals surface area contributed by atoms with Gasteiger partial charge in [0, 0.05) is 24.2 Å². The van der Waals surface area contributed by atoms with Crippen LogP contribution in [0.25, 0.3) is 22.5 Å². The van der Waals surface area contributed by atoms with Crippen LogP contribution in [-0.2, 0) is 6.54 Å². The quantitative estimate of drug-likeness (QED) is 0.413. The van der Waals surface area contributed by atoms with Gasteiger partial charge in [-0.3, -0.25) is 0 Å². The minimum absolute atomic E-state index is 0.449. The average molecular weight is 383 g/mol. The Balaban J connectivity index is 1.46. The van der Waals surface area contributed by atoms with E-state index in [0.29, 0.717) is 5.92 Å². The third-order valence-electron chi connectivity index (χ3n) is 5.36. The second-order valence-corrected chi connectivity index (χ2v) is 7.46. The summed E-state index contributed by atoms with van der Waals surface area (Å²) in [6.45, 7) is 5.89. The Kier molecular flexibility index (Phi) is 5.87. The van der Waals surface area contributed by atoms with E-state index in [-0.39, 0.29) is 0 Å². The lowest BCUT2D eigenvalue weighted by Gasteiger charge is -2.13. The van der Waals surface area contributed by atoms with E-state index >= 15 is 0 Å². The summed E-state index contributed by atoms with van der Waals surface area (Å²) >= 11 is 0. The SMILES string of the molecule is Cc1noc(-c2ccc(-c3ccccc3)cc2)c1CNC[C@H](C)c1ccccc1. The highest BCUT2D eigenvalue weighted by Crippen LogP contribution is 2.29. The molecule has 4 rings (SSSR count). The Morgan fingerprint density at radius 1 is 0.793 bits per heavy atom. The Hall–Kier alpha value is -3.17. The summed E-state index contributed by atoms with van der Waals surface area (Å²) in [6.07, 6.45) is 0. The molecule has 0 saturated heterocycles. The highest BCUT2D eigenvalue weighted by molar-refractivity contribution is 5.69. The zero-order valence-corrected chi connectivity index (χ0v) is 16.9. The smallest absolute Gasteiger partial charge is 0.171 e. The van der Waals surface area contributed by atoms with Gasteiger partial charge < -0.3 is 9.84 Å². The summed E-state index contributed by atoms with van der Waals surface area (Å²) in [7, 11) is 0. The number of nitrogens with zero attached hydrogens (tertiary/aromatic N) is 1. The lowest BCUT2D eigenvalue weighted by Crippen LogP contribution is -2.20. The minimum Gasteiger partial charge on any atom is -0.356 e. The summed E-state index contributed by atoms with van der Waals surface area (Å²) < 4.78 is 5.68. The van der Waals surface area contributed by atoms with Gasteiger partial charge in [-0.1, -0.05) is 97.0 Å². The van der Waals surface area contributed by atoms with Crippen molar-refractivity contribution in [3.63, 3.8) is 0 Å². The maximum atomic E-state index is 5.68. The van der Waals surface area contributed by atoms with Crippen LogP contribution in [0.15, 0.2) is 89.5 Å². The molecular formula is C26H26N2O. The molecule has 3 heteroatoms. The Bertz CT molecular complexity index is 1040. The van der Waals surface area contributed by atoms with Crippen molar-refractivity contribution in [2.24, 2.45) is 0 Å². The molecule has 0 radical (unpaired) electrons. The summed E-state index contributed by atoms with van der Waals surface area (Å²) in [5.74, 6) is 1.30. The Labute approximate surface area is 172 Å². The van der Waals surface area contributed by atoms with Crippen molar-refractivity contribution in [3.8, 4) is 22.5 Å². The molecule has 0 amide bonds. The van der Waals surface area contributed by atoms with Crippen molar-refractivity contribution in [2.75, 3.05) is 6.54 Å². The molecule has 1 aromatic heterocycles.